The average molecular weight is 250 g/mol. The van der Waals surface area contributed by atoms with Crippen molar-refractivity contribution in [2.75, 3.05) is 5.73 Å². The number of hydrogen-bond donors (Lipinski definition) is 1. The first-order valence-corrected chi connectivity index (χ1v) is 5.44. The lowest BCUT2D eigenvalue weighted by atomic mass is 10.2. The SMILES string of the molecule is CC(C)c1nc(N)nc(-c2ccc(F)c(F)c2)n1. The quantitative estimate of drug-likeness (QED) is 0.889. The maximum absolute atomic E-state index is 13.1. The summed E-state index contributed by atoms with van der Waals surface area (Å²) in [5.74, 6) is -0.970. The van der Waals surface area contributed by atoms with Crippen LogP contribution in [-0.2, 0) is 0 Å². The van der Waals surface area contributed by atoms with E-state index in [1.807, 2.05) is 13.8 Å². The lowest BCUT2D eigenvalue weighted by molar-refractivity contribution is 0.509. The van der Waals surface area contributed by atoms with Crippen molar-refractivity contribution >= 4 is 5.95 Å². The molecule has 0 fully saturated rings. The smallest absolute Gasteiger partial charge is 0.223 e. The van der Waals surface area contributed by atoms with Gasteiger partial charge in [0.1, 0.15) is 5.82 Å². The lowest BCUT2D eigenvalue weighted by Crippen LogP contribution is -2.06. The van der Waals surface area contributed by atoms with Gasteiger partial charge in [-0.05, 0) is 18.2 Å². The highest BCUT2D eigenvalue weighted by atomic mass is 19.2. The van der Waals surface area contributed by atoms with Gasteiger partial charge in [0.05, 0.1) is 0 Å². The second kappa shape index (κ2) is 4.64. The number of halogens is 2. The zero-order chi connectivity index (χ0) is 13.3. The molecule has 18 heavy (non-hydrogen) atoms. The fraction of sp³-hybridized carbons (Fsp3) is 0.250. The van der Waals surface area contributed by atoms with Crippen molar-refractivity contribution in [3.8, 4) is 11.4 Å². The molecule has 6 heteroatoms. The van der Waals surface area contributed by atoms with Crippen molar-refractivity contribution < 1.29 is 8.78 Å². The van der Waals surface area contributed by atoms with Crippen LogP contribution in [0.3, 0.4) is 0 Å². The second-order valence-corrected chi connectivity index (χ2v) is 4.16. The number of nitrogens with zero attached hydrogens (tertiary/aromatic N) is 3. The minimum absolute atomic E-state index is 0.0634. The Labute approximate surface area is 103 Å². The third-order valence-electron chi connectivity index (χ3n) is 2.36. The number of anilines is 1. The van der Waals surface area contributed by atoms with E-state index >= 15 is 0 Å². The molecule has 0 aliphatic heterocycles. The summed E-state index contributed by atoms with van der Waals surface area (Å²) in [6.07, 6.45) is 0. The first kappa shape index (κ1) is 12.3. The summed E-state index contributed by atoms with van der Waals surface area (Å²) in [4.78, 5) is 12.1. The molecule has 2 rings (SSSR count). The van der Waals surface area contributed by atoms with Crippen LogP contribution >= 0.6 is 0 Å². The minimum Gasteiger partial charge on any atom is -0.368 e. The van der Waals surface area contributed by atoms with E-state index < -0.39 is 11.6 Å². The van der Waals surface area contributed by atoms with Gasteiger partial charge in [0.15, 0.2) is 17.5 Å². The van der Waals surface area contributed by atoms with E-state index in [9.17, 15) is 8.78 Å². The number of hydrogen-bond acceptors (Lipinski definition) is 4. The average Bonchev–Trinajstić information content (AvgIpc) is 2.31. The predicted octanol–water partition coefficient (Wildman–Crippen LogP) is 2.52. The van der Waals surface area contributed by atoms with Gasteiger partial charge in [-0.15, -0.1) is 0 Å². The molecule has 2 N–H and O–H groups in total. The van der Waals surface area contributed by atoms with Crippen molar-refractivity contribution in [1.29, 1.82) is 0 Å². The van der Waals surface area contributed by atoms with Crippen LogP contribution in [0.1, 0.15) is 25.6 Å². The predicted molar refractivity (Wildman–Crippen MR) is 63.7 cm³/mol. The van der Waals surface area contributed by atoms with E-state index in [0.29, 0.717) is 11.4 Å². The van der Waals surface area contributed by atoms with Gasteiger partial charge in [0.2, 0.25) is 5.95 Å². The Morgan fingerprint density at radius 1 is 1.06 bits per heavy atom. The molecule has 1 aromatic heterocycles. The molecule has 0 amide bonds. The summed E-state index contributed by atoms with van der Waals surface area (Å²) in [6.45, 7) is 3.81. The first-order chi connectivity index (χ1) is 8.47. The van der Waals surface area contributed by atoms with E-state index in [2.05, 4.69) is 15.0 Å². The maximum Gasteiger partial charge on any atom is 0.223 e. The molecule has 94 valence electrons. The highest BCUT2D eigenvalue weighted by Gasteiger charge is 2.11. The number of rotatable bonds is 2. The van der Waals surface area contributed by atoms with Crippen LogP contribution < -0.4 is 5.73 Å². The fourth-order valence-corrected chi connectivity index (χ4v) is 1.43. The summed E-state index contributed by atoms with van der Waals surface area (Å²) < 4.78 is 26.0. The molecule has 0 saturated heterocycles. The Hall–Kier alpha value is -2.11. The van der Waals surface area contributed by atoms with Crippen LogP contribution in [0.2, 0.25) is 0 Å². The van der Waals surface area contributed by atoms with Gasteiger partial charge in [0.25, 0.3) is 0 Å². The van der Waals surface area contributed by atoms with Gasteiger partial charge >= 0.3 is 0 Å². The van der Waals surface area contributed by atoms with Crippen LogP contribution in [0.4, 0.5) is 14.7 Å². The van der Waals surface area contributed by atoms with Crippen LogP contribution in [0, 0.1) is 11.6 Å². The number of aromatic nitrogens is 3. The summed E-state index contributed by atoms with van der Waals surface area (Å²) in [5, 5.41) is 0. The Morgan fingerprint density at radius 2 is 1.78 bits per heavy atom. The van der Waals surface area contributed by atoms with Gasteiger partial charge in [0, 0.05) is 11.5 Å². The van der Waals surface area contributed by atoms with Gasteiger partial charge in [-0.1, -0.05) is 13.8 Å². The van der Waals surface area contributed by atoms with Gasteiger partial charge in [-0.3, -0.25) is 0 Å². The Balaban J connectivity index is 2.53. The number of nitrogens with two attached hydrogens (primary N) is 1. The van der Waals surface area contributed by atoms with Crippen LogP contribution in [0.15, 0.2) is 18.2 Å². The zero-order valence-corrected chi connectivity index (χ0v) is 9.98. The van der Waals surface area contributed by atoms with E-state index in [-0.39, 0.29) is 17.7 Å². The molecule has 2 aromatic rings. The highest BCUT2D eigenvalue weighted by molar-refractivity contribution is 5.55. The van der Waals surface area contributed by atoms with E-state index in [4.69, 9.17) is 5.73 Å². The Morgan fingerprint density at radius 3 is 2.39 bits per heavy atom. The summed E-state index contributed by atoms with van der Waals surface area (Å²) in [6, 6.07) is 3.46. The van der Waals surface area contributed by atoms with Crippen molar-refractivity contribution in [2.24, 2.45) is 0 Å². The molecule has 0 radical (unpaired) electrons. The van der Waals surface area contributed by atoms with Crippen molar-refractivity contribution in [2.45, 2.75) is 19.8 Å². The van der Waals surface area contributed by atoms with Crippen molar-refractivity contribution in [1.82, 2.24) is 15.0 Å². The Bertz CT molecular complexity index is 584. The lowest BCUT2D eigenvalue weighted by Gasteiger charge is -2.07. The molecule has 0 unspecified atom stereocenters. The maximum atomic E-state index is 13.1. The monoisotopic (exact) mass is 250 g/mol. The molecule has 0 atom stereocenters. The van der Waals surface area contributed by atoms with Crippen LogP contribution in [0.5, 0.6) is 0 Å². The molecule has 1 aromatic carbocycles. The minimum atomic E-state index is -0.947. The summed E-state index contributed by atoms with van der Waals surface area (Å²) in [5.41, 5.74) is 5.94. The molecule has 1 heterocycles. The molecule has 0 saturated carbocycles. The second-order valence-electron chi connectivity index (χ2n) is 4.16. The van der Waals surface area contributed by atoms with Crippen molar-refractivity contribution in [3.63, 3.8) is 0 Å². The van der Waals surface area contributed by atoms with Gasteiger partial charge < -0.3 is 5.73 Å². The topological polar surface area (TPSA) is 64.7 Å². The van der Waals surface area contributed by atoms with Crippen molar-refractivity contribution in [3.05, 3.63) is 35.7 Å². The van der Waals surface area contributed by atoms with E-state index in [1.165, 1.54) is 6.07 Å². The van der Waals surface area contributed by atoms with Gasteiger partial charge in [-0.25, -0.2) is 13.8 Å². The highest BCUT2D eigenvalue weighted by Crippen LogP contribution is 2.20. The largest absolute Gasteiger partial charge is 0.368 e. The van der Waals surface area contributed by atoms with E-state index in [1.54, 1.807) is 0 Å². The first-order valence-electron chi connectivity index (χ1n) is 5.44. The zero-order valence-electron chi connectivity index (χ0n) is 9.98. The standard InChI is InChI=1S/C12H12F2N4/c1-6(2)10-16-11(18-12(15)17-10)7-3-4-8(13)9(14)5-7/h3-6H,1-2H3,(H2,15,16,17,18). The summed E-state index contributed by atoms with van der Waals surface area (Å²) in [7, 11) is 0. The molecule has 0 aliphatic rings. The van der Waals surface area contributed by atoms with E-state index in [0.717, 1.165) is 12.1 Å². The molecule has 0 spiro atoms. The Kier molecular flexibility index (Phi) is 3.18. The third kappa shape index (κ3) is 2.42. The molecular formula is C12H12F2N4. The summed E-state index contributed by atoms with van der Waals surface area (Å²) >= 11 is 0. The number of nitrogen functional groups attached to an aromatic ring is 1. The van der Waals surface area contributed by atoms with Crippen LogP contribution in [-0.4, -0.2) is 15.0 Å². The van der Waals surface area contributed by atoms with Gasteiger partial charge in [-0.2, -0.15) is 9.97 Å². The molecule has 0 bridgehead atoms. The third-order valence-corrected chi connectivity index (χ3v) is 2.36. The molecule has 0 aliphatic carbocycles. The molecule has 4 nitrogen and oxygen atoms in total. The van der Waals surface area contributed by atoms with Crippen LogP contribution in [0.25, 0.3) is 11.4 Å². The normalized spacial score (nSPS) is 10.9. The molecular weight excluding hydrogens is 238 g/mol. The fourth-order valence-electron chi connectivity index (χ4n) is 1.43. The number of benzene rings is 1.